The molecule has 33 heavy (non-hydrogen) atoms. The van der Waals surface area contributed by atoms with Crippen molar-refractivity contribution in [2.45, 2.75) is 51.6 Å². The van der Waals surface area contributed by atoms with E-state index in [0.29, 0.717) is 0 Å². The predicted octanol–water partition coefficient (Wildman–Crippen LogP) is 4.23. The fourth-order valence-electron chi connectivity index (χ4n) is 4.00. The van der Waals surface area contributed by atoms with Gasteiger partial charge in [-0.15, -0.1) is 0 Å². The van der Waals surface area contributed by atoms with Crippen molar-refractivity contribution < 1.29 is 24.2 Å². The summed E-state index contributed by atoms with van der Waals surface area (Å²) in [6, 6.07) is 14.6. The summed E-state index contributed by atoms with van der Waals surface area (Å²) >= 11 is 0. The van der Waals surface area contributed by atoms with Crippen LogP contribution in [0.15, 0.2) is 60.2 Å². The molecule has 3 N–H and O–H groups in total. The quantitative estimate of drug-likeness (QED) is 0.496. The topological polar surface area (TPSA) is 105 Å². The highest BCUT2D eigenvalue weighted by molar-refractivity contribution is 5.84. The summed E-state index contributed by atoms with van der Waals surface area (Å²) < 4.78 is 5.49. The van der Waals surface area contributed by atoms with Crippen LogP contribution in [-0.4, -0.2) is 41.8 Å². The molecular formula is C26H30N2O5. The van der Waals surface area contributed by atoms with E-state index in [1.54, 1.807) is 13.0 Å². The molecule has 0 saturated heterocycles. The number of fused-ring (bicyclic) bond motifs is 3. The number of nitrogens with one attached hydrogen (secondary N) is 2. The summed E-state index contributed by atoms with van der Waals surface area (Å²) in [7, 11) is 0. The van der Waals surface area contributed by atoms with Gasteiger partial charge in [-0.25, -0.2) is 9.59 Å². The van der Waals surface area contributed by atoms with E-state index < -0.39 is 30.1 Å². The van der Waals surface area contributed by atoms with Gasteiger partial charge in [-0.3, -0.25) is 4.79 Å². The van der Waals surface area contributed by atoms with Gasteiger partial charge in [-0.1, -0.05) is 60.2 Å². The number of hydrogen-bond acceptors (Lipinski definition) is 4. The number of allylic oxidation sites excluding steroid dienone is 1. The third-order valence-corrected chi connectivity index (χ3v) is 5.59. The highest BCUT2D eigenvalue weighted by Crippen LogP contribution is 2.44. The second kappa shape index (κ2) is 10.8. The van der Waals surface area contributed by atoms with Crippen LogP contribution in [-0.2, 0) is 14.3 Å². The second-order valence-corrected chi connectivity index (χ2v) is 8.55. The third kappa shape index (κ3) is 6.22. The van der Waals surface area contributed by atoms with Crippen LogP contribution in [0.25, 0.3) is 11.1 Å². The summed E-state index contributed by atoms with van der Waals surface area (Å²) in [5, 5.41) is 14.4. The standard InChI is InChI=1S/C26H30N2O5/c1-16(2)12-13-23(25(30)31)28-24(29)14-17(3)27-26(32)33-15-22-20-10-6-4-8-18(20)19-9-5-7-11-21(19)22/h4-12,17,22-23H,13-15H2,1-3H3,(H,27,32)(H,28,29)(H,30,31)/t17-,23?/m0/s1. The summed E-state index contributed by atoms with van der Waals surface area (Å²) in [6.45, 7) is 5.58. The van der Waals surface area contributed by atoms with Gasteiger partial charge in [0, 0.05) is 18.4 Å². The number of rotatable bonds is 9. The van der Waals surface area contributed by atoms with Crippen molar-refractivity contribution in [3.63, 3.8) is 0 Å². The molecule has 1 aliphatic carbocycles. The van der Waals surface area contributed by atoms with Gasteiger partial charge in [0.2, 0.25) is 5.91 Å². The van der Waals surface area contributed by atoms with Crippen molar-refractivity contribution >= 4 is 18.0 Å². The minimum atomic E-state index is -1.10. The summed E-state index contributed by atoms with van der Waals surface area (Å²) in [6.07, 6.45) is 1.30. The number of carboxylic acid groups (broad SMARTS) is 1. The molecule has 0 radical (unpaired) electrons. The van der Waals surface area contributed by atoms with Crippen LogP contribution in [0.5, 0.6) is 0 Å². The molecule has 1 aliphatic rings. The van der Waals surface area contributed by atoms with Gasteiger partial charge in [0.1, 0.15) is 12.6 Å². The van der Waals surface area contributed by atoms with Gasteiger partial charge < -0.3 is 20.5 Å². The van der Waals surface area contributed by atoms with Crippen molar-refractivity contribution in [2.24, 2.45) is 0 Å². The van der Waals surface area contributed by atoms with Gasteiger partial charge in [-0.2, -0.15) is 0 Å². The number of carboxylic acids is 1. The summed E-state index contributed by atoms with van der Waals surface area (Å²) in [5.41, 5.74) is 5.51. The maximum absolute atomic E-state index is 12.4. The van der Waals surface area contributed by atoms with Crippen molar-refractivity contribution in [2.75, 3.05) is 6.61 Å². The SMILES string of the molecule is CC(C)=CCC(NC(=O)C[C@H](C)NC(=O)OCC1c2ccccc2-c2ccccc21)C(=O)O. The molecule has 0 fully saturated rings. The van der Waals surface area contributed by atoms with Gasteiger partial charge in [-0.05, 0) is 49.4 Å². The molecule has 174 valence electrons. The van der Waals surface area contributed by atoms with Crippen LogP contribution in [0.1, 0.15) is 50.7 Å². The van der Waals surface area contributed by atoms with E-state index in [0.717, 1.165) is 27.8 Å². The number of carbonyl (C=O) groups is 3. The largest absolute Gasteiger partial charge is 0.480 e. The lowest BCUT2D eigenvalue weighted by Gasteiger charge is -2.18. The number of carbonyl (C=O) groups excluding carboxylic acids is 2. The van der Waals surface area contributed by atoms with Crippen LogP contribution in [0.4, 0.5) is 4.79 Å². The van der Waals surface area contributed by atoms with Crippen molar-refractivity contribution in [3.05, 3.63) is 71.3 Å². The number of benzene rings is 2. The average molecular weight is 451 g/mol. The van der Waals surface area contributed by atoms with E-state index in [4.69, 9.17) is 4.74 Å². The number of hydrogen-bond donors (Lipinski definition) is 3. The first-order valence-corrected chi connectivity index (χ1v) is 11.0. The minimum Gasteiger partial charge on any atom is -0.480 e. The van der Waals surface area contributed by atoms with Crippen LogP contribution in [0, 0.1) is 0 Å². The average Bonchev–Trinajstić information content (AvgIpc) is 3.08. The highest BCUT2D eigenvalue weighted by atomic mass is 16.5. The Bertz CT molecular complexity index is 1010. The molecule has 0 bridgehead atoms. The van der Waals surface area contributed by atoms with Crippen molar-refractivity contribution in [1.29, 1.82) is 0 Å². The highest BCUT2D eigenvalue weighted by Gasteiger charge is 2.29. The maximum Gasteiger partial charge on any atom is 0.407 e. The summed E-state index contributed by atoms with van der Waals surface area (Å²) in [4.78, 5) is 36.0. The molecule has 0 aliphatic heterocycles. The molecule has 2 atom stereocenters. The zero-order valence-electron chi connectivity index (χ0n) is 19.1. The van der Waals surface area contributed by atoms with E-state index in [1.807, 2.05) is 50.2 Å². The van der Waals surface area contributed by atoms with Crippen LogP contribution >= 0.6 is 0 Å². The molecule has 7 nitrogen and oxygen atoms in total. The maximum atomic E-state index is 12.4. The first kappa shape index (κ1) is 24.0. The second-order valence-electron chi connectivity index (χ2n) is 8.55. The monoisotopic (exact) mass is 450 g/mol. The Balaban J connectivity index is 1.51. The molecule has 1 unspecified atom stereocenters. The number of alkyl carbamates (subject to hydrolysis) is 1. The van der Waals surface area contributed by atoms with Gasteiger partial charge in [0.15, 0.2) is 0 Å². The van der Waals surface area contributed by atoms with E-state index in [9.17, 15) is 19.5 Å². The number of amides is 2. The number of ether oxygens (including phenoxy) is 1. The van der Waals surface area contributed by atoms with Crippen molar-refractivity contribution in [3.8, 4) is 11.1 Å². The predicted molar refractivity (Wildman–Crippen MR) is 126 cm³/mol. The lowest BCUT2D eigenvalue weighted by Crippen LogP contribution is -2.44. The Morgan fingerprint density at radius 2 is 1.58 bits per heavy atom. The molecule has 2 amide bonds. The zero-order chi connectivity index (χ0) is 24.0. The van der Waals surface area contributed by atoms with Crippen LogP contribution in [0.3, 0.4) is 0 Å². The lowest BCUT2D eigenvalue weighted by molar-refractivity contribution is -0.141. The Morgan fingerprint density at radius 1 is 1.00 bits per heavy atom. The first-order valence-electron chi connectivity index (χ1n) is 11.0. The van der Waals surface area contributed by atoms with E-state index in [2.05, 4.69) is 22.8 Å². The van der Waals surface area contributed by atoms with E-state index in [1.165, 1.54) is 0 Å². The normalized spacial score (nSPS) is 13.8. The van der Waals surface area contributed by atoms with E-state index in [-0.39, 0.29) is 25.4 Å². The fourth-order valence-corrected chi connectivity index (χ4v) is 4.00. The molecule has 2 aromatic carbocycles. The molecule has 0 heterocycles. The smallest absolute Gasteiger partial charge is 0.407 e. The molecule has 7 heteroatoms. The number of aliphatic carboxylic acids is 1. The summed E-state index contributed by atoms with van der Waals surface area (Å²) in [5.74, 6) is -1.60. The molecule has 0 aromatic heterocycles. The Morgan fingerprint density at radius 3 is 2.12 bits per heavy atom. The molecular weight excluding hydrogens is 420 g/mol. The van der Waals surface area contributed by atoms with Crippen LogP contribution in [0.2, 0.25) is 0 Å². The van der Waals surface area contributed by atoms with Gasteiger partial charge in [0.05, 0.1) is 0 Å². The molecule has 0 saturated carbocycles. The van der Waals surface area contributed by atoms with Gasteiger partial charge >= 0.3 is 12.1 Å². The third-order valence-electron chi connectivity index (χ3n) is 5.59. The van der Waals surface area contributed by atoms with E-state index >= 15 is 0 Å². The minimum absolute atomic E-state index is 0.0480. The molecule has 3 rings (SSSR count). The van der Waals surface area contributed by atoms with Crippen molar-refractivity contribution in [1.82, 2.24) is 10.6 Å². The van der Waals surface area contributed by atoms with Crippen LogP contribution < -0.4 is 10.6 Å². The Labute approximate surface area is 193 Å². The molecule has 0 spiro atoms. The Hall–Kier alpha value is -3.61. The Kier molecular flexibility index (Phi) is 7.87. The van der Waals surface area contributed by atoms with Gasteiger partial charge in [0.25, 0.3) is 0 Å². The zero-order valence-corrected chi connectivity index (χ0v) is 19.1. The fraction of sp³-hybridized carbons (Fsp3) is 0.346. The molecule has 2 aromatic rings. The lowest BCUT2D eigenvalue weighted by atomic mass is 9.98. The first-order chi connectivity index (χ1) is 15.8.